The van der Waals surface area contributed by atoms with Gasteiger partial charge in [-0.3, -0.25) is 4.90 Å². The fraction of sp³-hybridized carbons (Fsp3) is 0.650. The molecule has 4 rings (SSSR count). The van der Waals surface area contributed by atoms with Crippen LogP contribution in [-0.4, -0.2) is 38.2 Å². The number of aryl methyl sites for hydroxylation is 2. The summed E-state index contributed by atoms with van der Waals surface area (Å²) < 4.78 is 2.02. The first-order chi connectivity index (χ1) is 12.1. The Morgan fingerprint density at radius 2 is 1.80 bits per heavy atom. The number of hydrogen-bond donors (Lipinski definition) is 0. The zero-order chi connectivity index (χ0) is 17.4. The van der Waals surface area contributed by atoms with E-state index in [-0.39, 0.29) is 5.54 Å². The first-order valence-corrected chi connectivity index (χ1v) is 9.72. The Kier molecular flexibility index (Phi) is 4.36. The van der Waals surface area contributed by atoms with Crippen molar-refractivity contribution in [2.24, 2.45) is 5.92 Å². The van der Waals surface area contributed by atoms with Gasteiger partial charge in [0, 0.05) is 0 Å². The highest BCUT2D eigenvalue weighted by molar-refractivity contribution is 5.42. The van der Waals surface area contributed by atoms with Gasteiger partial charge in [-0.15, -0.1) is 5.10 Å². The average molecular weight is 339 g/mol. The molecule has 2 fully saturated rings. The van der Waals surface area contributed by atoms with Crippen LogP contribution < -0.4 is 0 Å². The molecule has 25 heavy (non-hydrogen) atoms. The number of rotatable bonds is 3. The largest absolute Gasteiger partial charge is 0.291 e. The first kappa shape index (κ1) is 16.7. The topological polar surface area (TPSA) is 46.8 Å². The molecule has 0 N–H and O–H groups in total. The molecule has 0 unspecified atom stereocenters. The average Bonchev–Trinajstić information content (AvgIpc) is 3.28. The number of hydrogen-bond acceptors (Lipinski definition) is 4. The number of likely N-dealkylation sites (tertiary alicyclic amines) is 1. The molecule has 1 saturated heterocycles. The fourth-order valence-electron chi connectivity index (χ4n) is 4.75. The summed E-state index contributed by atoms with van der Waals surface area (Å²) in [6.07, 6.45) is 7.44. The van der Waals surface area contributed by atoms with E-state index >= 15 is 0 Å². The lowest BCUT2D eigenvalue weighted by Crippen LogP contribution is -2.48. The number of aromatic nitrogens is 4. The minimum absolute atomic E-state index is 0.00381. The molecule has 1 aromatic heterocycles. The minimum Gasteiger partial charge on any atom is -0.291 e. The lowest BCUT2D eigenvalue weighted by Gasteiger charge is -2.45. The Labute approximate surface area is 150 Å². The Hall–Kier alpha value is -1.75. The summed E-state index contributed by atoms with van der Waals surface area (Å²) in [5.41, 5.74) is 3.62. The third-order valence-electron chi connectivity index (χ3n) is 6.28. The van der Waals surface area contributed by atoms with Gasteiger partial charge < -0.3 is 0 Å². The quantitative estimate of drug-likeness (QED) is 0.854. The molecular formula is C20H29N5. The van der Waals surface area contributed by atoms with Gasteiger partial charge in [-0.25, -0.2) is 0 Å². The second-order valence-electron chi connectivity index (χ2n) is 8.11. The summed E-state index contributed by atoms with van der Waals surface area (Å²) in [4.78, 5) is 2.67. The van der Waals surface area contributed by atoms with Crippen LogP contribution in [0.5, 0.6) is 0 Å². The van der Waals surface area contributed by atoms with Crippen LogP contribution in [0.25, 0.3) is 5.69 Å². The Morgan fingerprint density at radius 3 is 2.48 bits per heavy atom. The first-order valence-electron chi connectivity index (χ1n) is 9.72. The molecule has 2 heterocycles. The molecule has 2 aliphatic rings. The fourth-order valence-corrected chi connectivity index (χ4v) is 4.75. The molecule has 0 atom stereocenters. The van der Waals surface area contributed by atoms with E-state index in [9.17, 15) is 0 Å². The maximum atomic E-state index is 4.58. The van der Waals surface area contributed by atoms with Crippen LogP contribution in [-0.2, 0) is 5.54 Å². The third kappa shape index (κ3) is 2.88. The van der Waals surface area contributed by atoms with Crippen molar-refractivity contribution in [2.45, 2.75) is 64.8 Å². The molecule has 0 spiro atoms. The maximum Gasteiger partial charge on any atom is 0.176 e. The van der Waals surface area contributed by atoms with Crippen LogP contribution in [0.2, 0.25) is 0 Å². The molecule has 5 nitrogen and oxygen atoms in total. The van der Waals surface area contributed by atoms with Crippen molar-refractivity contribution in [1.82, 2.24) is 25.1 Å². The predicted octanol–water partition coefficient (Wildman–Crippen LogP) is 3.78. The second-order valence-corrected chi connectivity index (χ2v) is 8.11. The van der Waals surface area contributed by atoms with Gasteiger partial charge in [-0.05, 0) is 93.4 Å². The monoisotopic (exact) mass is 339 g/mol. The van der Waals surface area contributed by atoms with E-state index in [0.29, 0.717) is 0 Å². The summed E-state index contributed by atoms with van der Waals surface area (Å²) in [5.74, 6) is 1.86. The highest BCUT2D eigenvalue weighted by atomic mass is 15.6. The van der Waals surface area contributed by atoms with Gasteiger partial charge in [0.25, 0.3) is 0 Å². The Balaban J connectivity index is 1.80. The van der Waals surface area contributed by atoms with Crippen LogP contribution >= 0.6 is 0 Å². The van der Waals surface area contributed by atoms with Gasteiger partial charge in [-0.1, -0.05) is 24.6 Å². The number of tetrazole rings is 1. The number of nitrogens with zero attached hydrogens (tertiary/aromatic N) is 5. The van der Waals surface area contributed by atoms with E-state index in [2.05, 4.69) is 59.4 Å². The molecule has 0 radical (unpaired) electrons. The summed E-state index contributed by atoms with van der Waals surface area (Å²) in [6, 6.07) is 6.53. The Bertz CT molecular complexity index is 736. The lowest BCUT2D eigenvalue weighted by molar-refractivity contribution is 0.0455. The second kappa shape index (κ2) is 6.52. The molecule has 5 heteroatoms. The molecule has 1 aliphatic carbocycles. The van der Waals surface area contributed by atoms with Crippen molar-refractivity contribution in [3.63, 3.8) is 0 Å². The highest BCUT2D eigenvalue weighted by Crippen LogP contribution is 2.45. The summed E-state index contributed by atoms with van der Waals surface area (Å²) >= 11 is 0. The van der Waals surface area contributed by atoms with Gasteiger partial charge in [0.1, 0.15) is 0 Å². The van der Waals surface area contributed by atoms with E-state index in [4.69, 9.17) is 0 Å². The zero-order valence-corrected chi connectivity index (χ0v) is 15.7. The number of benzene rings is 1. The van der Waals surface area contributed by atoms with E-state index in [1.165, 1.54) is 62.7 Å². The normalized spacial score (nSPS) is 27.7. The van der Waals surface area contributed by atoms with Crippen LogP contribution in [0.4, 0.5) is 0 Å². The van der Waals surface area contributed by atoms with Crippen molar-refractivity contribution >= 4 is 0 Å². The van der Waals surface area contributed by atoms with Crippen molar-refractivity contribution in [1.29, 1.82) is 0 Å². The summed E-state index contributed by atoms with van der Waals surface area (Å²) in [6.45, 7) is 9.01. The Morgan fingerprint density at radius 1 is 1.08 bits per heavy atom. The molecule has 1 aliphatic heterocycles. The van der Waals surface area contributed by atoms with Crippen LogP contribution in [0.3, 0.4) is 0 Å². The van der Waals surface area contributed by atoms with Crippen LogP contribution in [0.15, 0.2) is 18.2 Å². The standard InChI is InChI=1S/C20H29N5/c1-15-8-10-20(11-9-15,24-12-4-5-13-24)19-21-22-23-25(19)18-7-6-16(2)14-17(18)3/h6-7,14-15H,4-5,8-13H2,1-3H3. The van der Waals surface area contributed by atoms with E-state index in [0.717, 1.165) is 17.4 Å². The molecule has 2 aromatic rings. The molecule has 134 valence electrons. The van der Waals surface area contributed by atoms with Gasteiger partial charge in [-0.2, -0.15) is 4.68 Å². The van der Waals surface area contributed by atoms with Gasteiger partial charge in [0.15, 0.2) is 5.82 Å². The van der Waals surface area contributed by atoms with Gasteiger partial charge in [0.2, 0.25) is 0 Å². The van der Waals surface area contributed by atoms with Crippen LogP contribution in [0.1, 0.15) is 62.4 Å². The summed E-state index contributed by atoms with van der Waals surface area (Å²) in [5, 5.41) is 13.1. The predicted molar refractivity (Wildman–Crippen MR) is 98.7 cm³/mol. The highest BCUT2D eigenvalue weighted by Gasteiger charge is 2.46. The smallest absolute Gasteiger partial charge is 0.176 e. The minimum atomic E-state index is 0.00381. The van der Waals surface area contributed by atoms with E-state index in [1.807, 2.05) is 4.68 Å². The van der Waals surface area contributed by atoms with Gasteiger partial charge >= 0.3 is 0 Å². The van der Waals surface area contributed by atoms with Crippen molar-refractivity contribution in [3.05, 3.63) is 35.2 Å². The SMILES string of the molecule is Cc1ccc(-n2nnnc2C2(N3CCCC3)CCC(C)CC2)c(C)c1. The van der Waals surface area contributed by atoms with Crippen molar-refractivity contribution in [2.75, 3.05) is 13.1 Å². The molecule has 0 amide bonds. The van der Waals surface area contributed by atoms with Gasteiger partial charge in [0.05, 0.1) is 11.2 Å². The summed E-state index contributed by atoms with van der Waals surface area (Å²) in [7, 11) is 0. The maximum absolute atomic E-state index is 4.58. The molecule has 1 saturated carbocycles. The van der Waals surface area contributed by atoms with Crippen molar-refractivity contribution in [3.8, 4) is 5.69 Å². The van der Waals surface area contributed by atoms with Crippen molar-refractivity contribution < 1.29 is 0 Å². The van der Waals surface area contributed by atoms with Crippen LogP contribution in [0, 0.1) is 19.8 Å². The van der Waals surface area contributed by atoms with E-state index in [1.54, 1.807) is 0 Å². The molecular weight excluding hydrogens is 310 g/mol. The molecule has 0 bridgehead atoms. The zero-order valence-electron chi connectivity index (χ0n) is 15.7. The molecule has 1 aromatic carbocycles. The lowest BCUT2D eigenvalue weighted by atomic mass is 9.75. The third-order valence-corrected chi connectivity index (χ3v) is 6.28. The van der Waals surface area contributed by atoms with E-state index < -0.39 is 0 Å².